The fourth-order valence-electron chi connectivity index (χ4n) is 1.45. The Morgan fingerprint density at radius 3 is 2.36 bits per heavy atom. The van der Waals surface area contributed by atoms with Gasteiger partial charge in [0.05, 0.1) is 7.11 Å². The molecule has 0 saturated carbocycles. The highest BCUT2D eigenvalue weighted by Gasteiger charge is 2.62. The lowest BCUT2D eigenvalue weighted by molar-refractivity contribution is -0.208. The number of nitrogens with one attached hydrogen (secondary N) is 1. The maximum absolute atomic E-state index is 12.5. The van der Waals surface area contributed by atoms with Crippen LogP contribution in [-0.4, -0.2) is 31.3 Å². The molecule has 0 aliphatic carbocycles. The molecule has 0 amide bonds. The Bertz CT molecular complexity index is 213. The molecule has 0 aromatic heterocycles. The Morgan fingerprint density at radius 2 is 2.07 bits per heavy atom. The van der Waals surface area contributed by atoms with Gasteiger partial charge in [-0.2, -0.15) is 13.2 Å². The van der Waals surface area contributed by atoms with Crippen LogP contribution in [0.25, 0.3) is 0 Å². The van der Waals surface area contributed by atoms with Crippen molar-refractivity contribution in [1.82, 2.24) is 5.32 Å². The lowest BCUT2D eigenvalue weighted by Crippen LogP contribution is -2.59. The van der Waals surface area contributed by atoms with Crippen LogP contribution in [0, 0.1) is 0 Å². The van der Waals surface area contributed by atoms with Gasteiger partial charge >= 0.3 is 12.1 Å². The number of rotatable bonds is 1. The molecule has 1 aliphatic rings. The van der Waals surface area contributed by atoms with Gasteiger partial charge in [-0.05, 0) is 19.4 Å². The minimum absolute atomic E-state index is 0. The number of esters is 1. The summed E-state index contributed by atoms with van der Waals surface area (Å²) in [6.45, 7) is 0.189. The number of hydrogen-bond acceptors (Lipinski definition) is 3. The summed E-state index contributed by atoms with van der Waals surface area (Å²) in [6.07, 6.45) is -4.51. The van der Waals surface area contributed by atoms with Gasteiger partial charge in [0.2, 0.25) is 5.54 Å². The summed E-state index contributed by atoms with van der Waals surface area (Å²) in [5, 5.41) is 2.16. The van der Waals surface area contributed by atoms with Crippen molar-refractivity contribution in [3.8, 4) is 0 Å². The molecule has 0 radical (unpaired) electrons. The van der Waals surface area contributed by atoms with Crippen LogP contribution < -0.4 is 5.32 Å². The first-order chi connectivity index (χ1) is 5.94. The van der Waals surface area contributed by atoms with E-state index < -0.39 is 17.7 Å². The quantitative estimate of drug-likeness (QED) is 0.693. The molecule has 1 fully saturated rings. The van der Waals surface area contributed by atoms with Crippen molar-refractivity contribution < 1.29 is 22.7 Å². The van der Waals surface area contributed by atoms with E-state index in [1.807, 2.05) is 0 Å². The summed E-state index contributed by atoms with van der Waals surface area (Å²) in [6, 6.07) is 0. The molecule has 0 spiro atoms. The van der Waals surface area contributed by atoms with Gasteiger partial charge in [0, 0.05) is 0 Å². The van der Waals surface area contributed by atoms with Crippen molar-refractivity contribution in [3.63, 3.8) is 0 Å². The van der Waals surface area contributed by atoms with Crippen LogP contribution in [-0.2, 0) is 9.53 Å². The van der Waals surface area contributed by atoms with Gasteiger partial charge < -0.3 is 4.74 Å². The summed E-state index contributed by atoms with van der Waals surface area (Å²) in [7, 11) is 0.954. The Labute approximate surface area is 85.4 Å². The molecule has 3 nitrogen and oxygen atoms in total. The molecule has 1 atom stereocenters. The van der Waals surface area contributed by atoms with Crippen molar-refractivity contribution >= 4 is 18.4 Å². The molecule has 1 saturated heterocycles. The summed E-state index contributed by atoms with van der Waals surface area (Å²) in [5.74, 6) is -1.25. The standard InChI is InChI=1S/C7H10F3NO2.ClH/c1-13-5(12)6(7(8,9)10)3-2-4-11-6;/h11H,2-4H2,1H3;1H/t6-;/m0./s1. The largest absolute Gasteiger partial charge is 0.467 e. The molecule has 0 bridgehead atoms. The highest BCUT2D eigenvalue weighted by Crippen LogP contribution is 2.37. The number of halogens is 4. The maximum atomic E-state index is 12.5. The predicted molar refractivity (Wildman–Crippen MR) is 45.3 cm³/mol. The number of alkyl halides is 3. The molecular weight excluding hydrogens is 223 g/mol. The van der Waals surface area contributed by atoms with Crippen LogP contribution in [0.3, 0.4) is 0 Å². The van der Waals surface area contributed by atoms with Gasteiger partial charge in [-0.3, -0.25) is 5.32 Å². The van der Waals surface area contributed by atoms with Crippen LogP contribution in [0.15, 0.2) is 0 Å². The van der Waals surface area contributed by atoms with E-state index in [2.05, 4.69) is 10.1 Å². The van der Waals surface area contributed by atoms with E-state index in [4.69, 9.17) is 0 Å². The summed E-state index contributed by atoms with van der Waals surface area (Å²) in [5.41, 5.74) is -2.47. The maximum Gasteiger partial charge on any atom is 0.417 e. The number of hydrogen-bond donors (Lipinski definition) is 1. The van der Waals surface area contributed by atoms with Crippen LogP contribution in [0.5, 0.6) is 0 Å². The Hall–Kier alpha value is -0.490. The van der Waals surface area contributed by atoms with E-state index >= 15 is 0 Å². The molecule has 84 valence electrons. The SMILES string of the molecule is COC(=O)[C@]1(C(F)(F)F)CCCN1.Cl. The van der Waals surface area contributed by atoms with Crippen LogP contribution in [0.1, 0.15) is 12.8 Å². The normalized spacial score (nSPS) is 26.9. The van der Waals surface area contributed by atoms with Crippen LogP contribution >= 0.6 is 12.4 Å². The average molecular weight is 234 g/mol. The number of carbonyl (C=O) groups excluding carboxylic acids is 1. The Morgan fingerprint density at radius 1 is 1.50 bits per heavy atom. The molecular formula is C7H11ClF3NO2. The lowest BCUT2D eigenvalue weighted by Gasteiger charge is -2.28. The zero-order valence-electron chi connectivity index (χ0n) is 7.48. The minimum atomic E-state index is -4.59. The Balaban J connectivity index is 0.00000169. The first-order valence-corrected chi connectivity index (χ1v) is 3.84. The van der Waals surface area contributed by atoms with Crippen molar-refractivity contribution in [3.05, 3.63) is 0 Å². The predicted octanol–water partition coefficient (Wildman–Crippen LogP) is 1.27. The average Bonchev–Trinajstić information content (AvgIpc) is 2.50. The van der Waals surface area contributed by atoms with Gasteiger partial charge in [0.1, 0.15) is 0 Å². The number of methoxy groups -OCH3 is 1. The lowest BCUT2D eigenvalue weighted by atomic mass is 9.97. The number of ether oxygens (including phenoxy) is 1. The van der Waals surface area contributed by atoms with E-state index in [-0.39, 0.29) is 25.4 Å². The van der Waals surface area contributed by atoms with E-state index in [1.54, 1.807) is 0 Å². The smallest absolute Gasteiger partial charge is 0.417 e. The third kappa shape index (κ3) is 1.95. The minimum Gasteiger partial charge on any atom is -0.467 e. The van der Waals surface area contributed by atoms with Gasteiger partial charge in [-0.15, -0.1) is 12.4 Å². The third-order valence-corrected chi connectivity index (χ3v) is 2.17. The van der Waals surface area contributed by atoms with Gasteiger partial charge in [0.15, 0.2) is 0 Å². The second kappa shape index (κ2) is 4.35. The van der Waals surface area contributed by atoms with Gasteiger partial charge in [-0.25, -0.2) is 4.79 Å². The van der Waals surface area contributed by atoms with Crippen molar-refractivity contribution in [1.29, 1.82) is 0 Å². The first-order valence-electron chi connectivity index (χ1n) is 3.84. The van der Waals surface area contributed by atoms with E-state index in [0.29, 0.717) is 6.42 Å². The summed E-state index contributed by atoms with van der Waals surface area (Å²) < 4.78 is 41.6. The van der Waals surface area contributed by atoms with Crippen LogP contribution in [0.4, 0.5) is 13.2 Å². The molecule has 0 aromatic rings. The van der Waals surface area contributed by atoms with Crippen LogP contribution in [0.2, 0.25) is 0 Å². The van der Waals surface area contributed by atoms with Gasteiger partial charge in [0.25, 0.3) is 0 Å². The summed E-state index contributed by atoms with van der Waals surface area (Å²) in [4.78, 5) is 11.0. The zero-order valence-corrected chi connectivity index (χ0v) is 8.30. The molecule has 1 N–H and O–H groups in total. The first kappa shape index (κ1) is 13.5. The number of carbonyl (C=O) groups is 1. The summed E-state index contributed by atoms with van der Waals surface area (Å²) >= 11 is 0. The monoisotopic (exact) mass is 233 g/mol. The molecule has 0 unspecified atom stereocenters. The highest BCUT2D eigenvalue weighted by atomic mass is 35.5. The van der Waals surface area contributed by atoms with Crippen molar-refractivity contribution in [2.45, 2.75) is 24.6 Å². The van der Waals surface area contributed by atoms with E-state index in [1.165, 1.54) is 0 Å². The second-order valence-corrected chi connectivity index (χ2v) is 2.93. The molecule has 7 heteroatoms. The molecule has 1 rings (SSSR count). The fourth-order valence-corrected chi connectivity index (χ4v) is 1.45. The Kier molecular flexibility index (Phi) is 4.20. The highest BCUT2D eigenvalue weighted by molar-refractivity contribution is 5.85. The molecule has 0 aromatic carbocycles. The van der Waals surface area contributed by atoms with E-state index in [0.717, 1.165) is 7.11 Å². The van der Waals surface area contributed by atoms with E-state index in [9.17, 15) is 18.0 Å². The fraction of sp³-hybridized carbons (Fsp3) is 0.857. The van der Waals surface area contributed by atoms with Crippen molar-refractivity contribution in [2.24, 2.45) is 0 Å². The topological polar surface area (TPSA) is 38.3 Å². The second-order valence-electron chi connectivity index (χ2n) is 2.93. The molecule has 1 aliphatic heterocycles. The van der Waals surface area contributed by atoms with Gasteiger partial charge in [-0.1, -0.05) is 0 Å². The van der Waals surface area contributed by atoms with Crippen molar-refractivity contribution in [2.75, 3.05) is 13.7 Å². The molecule has 14 heavy (non-hydrogen) atoms. The zero-order chi connectivity index (χ0) is 10.1. The third-order valence-electron chi connectivity index (χ3n) is 2.17. The molecule has 1 heterocycles.